The van der Waals surface area contributed by atoms with E-state index in [1.54, 1.807) is 35.2 Å². The minimum Gasteiger partial charge on any atom is -0.487 e. The standard InChI is InChI=1S/C30H37Cl2F5N4O4S/c1-46(43,44)40-17-9-21(10-18-40)28(42)41(24-5-8-26(31)27(32)19-24)14-2-13-39-15-11-23(12-16-39)38-22-3-6-25(7-4-22)45-20-29(33,34)30(35,36)37/h3-8,19,21,23,38H,2,9-18,20H2,1H3. The topological polar surface area (TPSA) is 82.2 Å². The molecule has 0 saturated carbocycles. The minimum absolute atomic E-state index is 0.0695. The van der Waals surface area contributed by atoms with Gasteiger partial charge in [-0.1, -0.05) is 23.2 Å². The zero-order chi connectivity index (χ0) is 33.7. The molecule has 0 aromatic heterocycles. The number of ether oxygens (including phenoxy) is 1. The van der Waals surface area contributed by atoms with Crippen molar-refractivity contribution in [2.75, 3.05) is 62.3 Å². The molecule has 1 N–H and O–H groups in total. The van der Waals surface area contributed by atoms with Gasteiger partial charge in [-0.3, -0.25) is 4.79 Å². The van der Waals surface area contributed by atoms with Crippen LogP contribution < -0.4 is 15.0 Å². The maximum atomic E-state index is 13.7. The van der Waals surface area contributed by atoms with Gasteiger partial charge in [-0.25, -0.2) is 12.7 Å². The molecule has 46 heavy (non-hydrogen) atoms. The number of sulfonamides is 1. The molecule has 0 atom stereocenters. The van der Waals surface area contributed by atoms with Crippen LogP contribution in [0, 0.1) is 5.92 Å². The highest BCUT2D eigenvalue weighted by Crippen LogP contribution is 2.36. The average molecular weight is 716 g/mol. The van der Waals surface area contributed by atoms with Crippen molar-refractivity contribution >= 4 is 50.5 Å². The van der Waals surface area contributed by atoms with Crippen LogP contribution in [0.15, 0.2) is 42.5 Å². The number of nitrogens with zero attached hydrogens (tertiary/aromatic N) is 3. The van der Waals surface area contributed by atoms with Gasteiger partial charge in [0.1, 0.15) is 5.75 Å². The number of benzene rings is 2. The van der Waals surface area contributed by atoms with E-state index in [4.69, 9.17) is 23.2 Å². The Morgan fingerprint density at radius 3 is 2.15 bits per heavy atom. The molecule has 2 aromatic rings. The minimum atomic E-state index is -5.67. The van der Waals surface area contributed by atoms with Crippen LogP contribution in [0.25, 0.3) is 0 Å². The summed E-state index contributed by atoms with van der Waals surface area (Å²) < 4.78 is 93.1. The zero-order valence-corrected chi connectivity index (χ0v) is 27.5. The molecule has 2 aromatic carbocycles. The van der Waals surface area contributed by atoms with Gasteiger partial charge >= 0.3 is 12.1 Å². The highest BCUT2D eigenvalue weighted by atomic mass is 35.5. The number of piperidine rings is 2. The highest BCUT2D eigenvalue weighted by molar-refractivity contribution is 7.88. The van der Waals surface area contributed by atoms with Crippen molar-refractivity contribution in [3.05, 3.63) is 52.5 Å². The van der Waals surface area contributed by atoms with E-state index in [0.717, 1.165) is 32.5 Å². The summed E-state index contributed by atoms with van der Waals surface area (Å²) in [5.41, 5.74) is 1.34. The Kier molecular flexibility index (Phi) is 12.1. The maximum absolute atomic E-state index is 13.7. The molecule has 0 bridgehead atoms. The Labute approximate surface area is 275 Å². The molecule has 0 radical (unpaired) electrons. The predicted octanol–water partition coefficient (Wildman–Crippen LogP) is 6.54. The Morgan fingerprint density at radius 1 is 0.957 bits per heavy atom. The number of carbonyl (C=O) groups is 1. The average Bonchev–Trinajstić information content (AvgIpc) is 3.00. The van der Waals surface area contributed by atoms with Crippen molar-refractivity contribution < 1.29 is 39.9 Å². The Hall–Kier alpha value is -2.39. The lowest BCUT2D eigenvalue weighted by Crippen LogP contribution is -2.45. The van der Waals surface area contributed by atoms with Gasteiger partial charge in [-0.2, -0.15) is 22.0 Å². The van der Waals surface area contributed by atoms with E-state index in [0.29, 0.717) is 60.3 Å². The van der Waals surface area contributed by atoms with Crippen LogP contribution in [0.2, 0.25) is 10.0 Å². The van der Waals surface area contributed by atoms with Gasteiger partial charge in [0.2, 0.25) is 15.9 Å². The highest BCUT2D eigenvalue weighted by Gasteiger charge is 2.58. The summed E-state index contributed by atoms with van der Waals surface area (Å²) in [7, 11) is -3.31. The number of carbonyl (C=O) groups excluding carboxylic acids is 1. The summed E-state index contributed by atoms with van der Waals surface area (Å²) in [6.45, 7) is 1.61. The number of hydrogen-bond donors (Lipinski definition) is 1. The van der Waals surface area contributed by atoms with Crippen molar-refractivity contribution in [2.45, 2.75) is 50.2 Å². The normalized spacial score (nSPS) is 18.0. The van der Waals surface area contributed by atoms with Gasteiger partial charge in [0.25, 0.3) is 0 Å². The quantitative estimate of drug-likeness (QED) is 0.252. The van der Waals surface area contributed by atoms with Gasteiger partial charge in [0.05, 0.1) is 16.3 Å². The van der Waals surface area contributed by atoms with Gasteiger partial charge in [-0.05, 0) is 81.1 Å². The third kappa shape index (κ3) is 9.82. The number of halogens is 7. The summed E-state index contributed by atoms with van der Waals surface area (Å²) in [5, 5.41) is 4.08. The van der Waals surface area contributed by atoms with E-state index in [1.165, 1.54) is 22.7 Å². The second-order valence-electron chi connectivity index (χ2n) is 11.7. The van der Waals surface area contributed by atoms with Gasteiger partial charge < -0.3 is 19.9 Å². The van der Waals surface area contributed by atoms with Crippen LogP contribution in [-0.2, 0) is 14.8 Å². The summed E-state index contributed by atoms with van der Waals surface area (Å²) >= 11 is 12.4. The number of amides is 1. The molecule has 16 heteroatoms. The van der Waals surface area contributed by atoms with Crippen molar-refractivity contribution in [3.63, 3.8) is 0 Å². The molecule has 8 nitrogen and oxygen atoms in total. The van der Waals surface area contributed by atoms with Gasteiger partial charge in [-0.15, -0.1) is 0 Å². The molecule has 2 saturated heterocycles. The predicted molar refractivity (Wildman–Crippen MR) is 169 cm³/mol. The first-order chi connectivity index (χ1) is 21.5. The molecule has 0 spiro atoms. The second kappa shape index (κ2) is 15.2. The van der Waals surface area contributed by atoms with Crippen LogP contribution in [0.3, 0.4) is 0 Å². The smallest absolute Gasteiger partial charge is 0.456 e. The number of rotatable bonds is 12. The molecular weight excluding hydrogens is 678 g/mol. The number of anilines is 2. The lowest BCUT2D eigenvalue weighted by Gasteiger charge is -2.35. The molecule has 0 aliphatic carbocycles. The number of alkyl halides is 5. The number of nitrogens with one attached hydrogen (secondary N) is 1. The van der Waals surface area contributed by atoms with Crippen LogP contribution in [0.1, 0.15) is 32.1 Å². The van der Waals surface area contributed by atoms with E-state index in [2.05, 4.69) is 15.0 Å². The molecule has 4 rings (SSSR count). The molecule has 2 heterocycles. The van der Waals surface area contributed by atoms with E-state index in [1.807, 2.05) is 0 Å². The fourth-order valence-electron chi connectivity index (χ4n) is 5.57. The lowest BCUT2D eigenvalue weighted by molar-refractivity contribution is -0.290. The van der Waals surface area contributed by atoms with E-state index < -0.39 is 28.7 Å². The first-order valence-corrected chi connectivity index (χ1v) is 17.5. The van der Waals surface area contributed by atoms with Crippen molar-refractivity contribution in [2.24, 2.45) is 5.92 Å². The second-order valence-corrected chi connectivity index (χ2v) is 14.5. The Balaban J connectivity index is 1.25. The summed E-state index contributed by atoms with van der Waals surface area (Å²) in [6, 6.07) is 11.1. The Bertz CT molecular complexity index is 1430. The molecule has 2 aliphatic heterocycles. The van der Waals surface area contributed by atoms with Crippen LogP contribution in [0.5, 0.6) is 5.75 Å². The van der Waals surface area contributed by atoms with Gasteiger partial charge in [0, 0.05) is 56.1 Å². The fraction of sp³-hybridized carbons (Fsp3) is 0.567. The summed E-state index contributed by atoms with van der Waals surface area (Å²) in [4.78, 5) is 17.7. The van der Waals surface area contributed by atoms with Crippen LogP contribution in [0.4, 0.5) is 33.3 Å². The van der Waals surface area contributed by atoms with Crippen molar-refractivity contribution in [3.8, 4) is 5.75 Å². The maximum Gasteiger partial charge on any atom is 0.456 e. The molecular formula is C30H37Cl2F5N4O4S. The van der Waals surface area contributed by atoms with Crippen LogP contribution in [-0.4, -0.2) is 93.8 Å². The first-order valence-electron chi connectivity index (χ1n) is 14.9. The van der Waals surface area contributed by atoms with Crippen molar-refractivity contribution in [1.82, 2.24) is 9.21 Å². The van der Waals surface area contributed by atoms with Crippen LogP contribution >= 0.6 is 23.2 Å². The van der Waals surface area contributed by atoms with Crippen molar-refractivity contribution in [1.29, 1.82) is 0 Å². The molecule has 2 aliphatic rings. The lowest BCUT2D eigenvalue weighted by atomic mass is 9.96. The van der Waals surface area contributed by atoms with E-state index in [9.17, 15) is 35.2 Å². The monoisotopic (exact) mass is 714 g/mol. The first kappa shape index (κ1) is 36.4. The largest absolute Gasteiger partial charge is 0.487 e. The number of likely N-dealkylation sites (tertiary alicyclic amines) is 1. The number of hydrogen-bond acceptors (Lipinski definition) is 6. The SMILES string of the molecule is CS(=O)(=O)N1CCC(C(=O)N(CCCN2CCC(Nc3ccc(OCC(F)(F)C(F)(F)F)cc3)CC2)c2ccc(Cl)c(Cl)c2)CC1. The third-order valence-electron chi connectivity index (χ3n) is 8.26. The fourth-order valence-corrected chi connectivity index (χ4v) is 6.73. The molecule has 1 amide bonds. The molecule has 2 fully saturated rings. The third-order valence-corrected chi connectivity index (χ3v) is 10.3. The van der Waals surface area contributed by atoms with E-state index >= 15 is 0 Å². The Morgan fingerprint density at radius 2 is 1.59 bits per heavy atom. The summed E-state index contributed by atoms with van der Waals surface area (Å²) in [5.74, 6) is -5.40. The molecule has 0 unspecified atom stereocenters. The van der Waals surface area contributed by atoms with E-state index in [-0.39, 0.29) is 23.6 Å². The van der Waals surface area contributed by atoms with Gasteiger partial charge in [0.15, 0.2) is 6.61 Å². The molecule has 256 valence electrons. The zero-order valence-electron chi connectivity index (χ0n) is 25.2. The summed E-state index contributed by atoms with van der Waals surface area (Å²) in [6.07, 6.45) is -1.28.